The summed E-state index contributed by atoms with van der Waals surface area (Å²) in [5.41, 5.74) is 0. The number of piperazine rings is 1. The fourth-order valence-electron chi connectivity index (χ4n) is 1.90. The number of nitrogens with one attached hydrogen (secondary N) is 1. The number of hydrogen-bond acceptors (Lipinski definition) is 5. The van der Waals surface area contributed by atoms with E-state index >= 15 is 0 Å². The molecule has 1 aliphatic rings. The zero-order valence-electron chi connectivity index (χ0n) is 10.5. The molecule has 17 heavy (non-hydrogen) atoms. The van der Waals surface area contributed by atoms with Crippen LogP contribution < -0.4 is 5.32 Å². The first-order valence-corrected chi connectivity index (χ1v) is 5.55. The van der Waals surface area contributed by atoms with Crippen LogP contribution in [-0.4, -0.2) is 48.4 Å². The van der Waals surface area contributed by atoms with Gasteiger partial charge in [-0.25, -0.2) is 0 Å². The Balaban J connectivity index is 2.79. The molecule has 1 fully saturated rings. The molecule has 1 N–H and O–H groups in total. The Labute approximate surface area is 100 Å². The molecule has 0 aromatic rings. The predicted octanol–water partition coefficient (Wildman–Crippen LogP) is -0.469. The average Bonchev–Trinajstić information content (AvgIpc) is 2.30. The minimum atomic E-state index is -0.421. The number of carbonyl (C=O) groups is 3. The van der Waals surface area contributed by atoms with E-state index in [9.17, 15) is 14.4 Å². The van der Waals surface area contributed by atoms with Gasteiger partial charge in [-0.15, -0.1) is 0 Å². The van der Waals surface area contributed by atoms with Gasteiger partial charge in [0.15, 0.2) is 0 Å². The van der Waals surface area contributed by atoms with Gasteiger partial charge in [0, 0.05) is 6.04 Å². The molecule has 6 heteroatoms. The number of hydrogen-bond donors (Lipinski definition) is 1. The number of ether oxygens (including phenoxy) is 1. The molecule has 1 saturated heterocycles. The first-order chi connectivity index (χ1) is 7.88. The van der Waals surface area contributed by atoms with Crippen LogP contribution in [0.15, 0.2) is 0 Å². The van der Waals surface area contributed by atoms with Crippen molar-refractivity contribution >= 4 is 17.8 Å². The minimum Gasteiger partial charge on any atom is -0.469 e. The van der Waals surface area contributed by atoms with Crippen molar-refractivity contribution in [2.24, 2.45) is 5.92 Å². The molecule has 2 amide bonds. The molecule has 6 nitrogen and oxygen atoms in total. The summed E-state index contributed by atoms with van der Waals surface area (Å²) in [5.74, 6) is -1.40. The van der Waals surface area contributed by atoms with E-state index in [2.05, 4.69) is 10.1 Å². The lowest BCUT2D eigenvalue weighted by Crippen LogP contribution is -2.60. The molecular weight excluding hydrogens is 224 g/mol. The van der Waals surface area contributed by atoms with Crippen LogP contribution in [0.25, 0.3) is 0 Å². The molecular formula is C11H18N2O4. The second-order valence-corrected chi connectivity index (χ2v) is 4.31. The standard InChI is InChI=1S/C11H18N2O4/c1-6(11(16)17-4)7(2)13-5-9(14)12-10(15)8(13)3/h6-8H,5H2,1-4H3,(H,12,14,15). The third-order valence-electron chi connectivity index (χ3n) is 3.29. The lowest BCUT2D eigenvalue weighted by Gasteiger charge is -2.38. The van der Waals surface area contributed by atoms with Crippen molar-refractivity contribution in [2.45, 2.75) is 32.9 Å². The van der Waals surface area contributed by atoms with Gasteiger partial charge in [-0.05, 0) is 13.8 Å². The molecule has 1 rings (SSSR count). The van der Waals surface area contributed by atoms with Crippen molar-refractivity contribution in [3.8, 4) is 0 Å². The summed E-state index contributed by atoms with van der Waals surface area (Å²) < 4.78 is 4.66. The van der Waals surface area contributed by atoms with Crippen LogP contribution in [0.1, 0.15) is 20.8 Å². The highest BCUT2D eigenvalue weighted by molar-refractivity contribution is 6.00. The molecule has 0 aromatic heterocycles. The Morgan fingerprint density at radius 2 is 2.06 bits per heavy atom. The second kappa shape index (κ2) is 5.27. The molecule has 1 heterocycles. The molecule has 3 unspecified atom stereocenters. The summed E-state index contributed by atoms with van der Waals surface area (Å²) in [5, 5.41) is 2.26. The summed E-state index contributed by atoms with van der Waals surface area (Å²) in [4.78, 5) is 35.9. The van der Waals surface area contributed by atoms with Gasteiger partial charge in [-0.1, -0.05) is 6.92 Å². The number of imide groups is 1. The zero-order valence-corrected chi connectivity index (χ0v) is 10.5. The average molecular weight is 242 g/mol. The fourth-order valence-corrected chi connectivity index (χ4v) is 1.90. The Hall–Kier alpha value is -1.43. The van der Waals surface area contributed by atoms with Gasteiger partial charge in [-0.2, -0.15) is 0 Å². The van der Waals surface area contributed by atoms with E-state index in [0.29, 0.717) is 0 Å². The number of methoxy groups -OCH3 is 1. The quantitative estimate of drug-likeness (QED) is 0.535. The topological polar surface area (TPSA) is 75.7 Å². The first-order valence-electron chi connectivity index (χ1n) is 5.55. The summed E-state index contributed by atoms with van der Waals surface area (Å²) >= 11 is 0. The van der Waals surface area contributed by atoms with E-state index in [0.717, 1.165) is 0 Å². The number of carbonyl (C=O) groups excluding carboxylic acids is 3. The van der Waals surface area contributed by atoms with E-state index in [1.165, 1.54) is 7.11 Å². The van der Waals surface area contributed by atoms with Gasteiger partial charge < -0.3 is 4.74 Å². The van der Waals surface area contributed by atoms with Gasteiger partial charge in [0.05, 0.1) is 25.6 Å². The summed E-state index contributed by atoms with van der Waals surface area (Å²) in [7, 11) is 1.32. The van der Waals surface area contributed by atoms with E-state index in [4.69, 9.17) is 0 Å². The number of amides is 2. The maximum absolute atomic E-state index is 11.5. The largest absolute Gasteiger partial charge is 0.469 e. The van der Waals surface area contributed by atoms with Crippen LogP contribution in [0.5, 0.6) is 0 Å². The monoisotopic (exact) mass is 242 g/mol. The maximum atomic E-state index is 11.5. The molecule has 0 radical (unpaired) electrons. The lowest BCUT2D eigenvalue weighted by molar-refractivity contribution is -0.151. The van der Waals surface area contributed by atoms with E-state index in [1.54, 1.807) is 18.7 Å². The Morgan fingerprint density at radius 3 is 2.59 bits per heavy atom. The third kappa shape index (κ3) is 2.82. The molecule has 96 valence electrons. The fraction of sp³-hybridized carbons (Fsp3) is 0.727. The lowest BCUT2D eigenvalue weighted by atomic mass is 9.99. The van der Waals surface area contributed by atoms with Crippen LogP contribution in [0.2, 0.25) is 0 Å². The highest BCUT2D eigenvalue weighted by atomic mass is 16.5. The van der Waals surface area contributed by atoms with Crippen molar-refractivity contribution in [1.82, 2.24) is 10.2 Å². The highest BCUT2D eigenvalue weighted by Crippen LogP contribution is 2.17. The molecule has 3 atom stereocenters. The van der Waals surface area contributed by atoms with Crippen LogP contribution >= 0.6 is 0 Å². The van der Waals surface area contributed by atoms with Crippen molar-refractivity contribution < 1.29 is 19.1 Å². The molecule has 0 bridgehead atoms. The van der Waals surface area contributed by atoms with Crippen LogP contribution in [0, 0.1) is 5.92 Å². The Morgan fingerprint density at radius 1 is 1.47 bits per heavy atom. The predicted molar refractivity (Wildman–Crippen MR) is 60.0 cm³/mol. The number of esters is 1. The Kier molecular flexibility index (Phi) is 4.22. The SMILES string of the molecule is COC(=O)C(C)C(C)N1CC(=O)NC(=O)C1C. The Bertz CT molecular complexity index is 342. The summed E-state index contributed by atoms with van der Waals surface area (Å²) in [6, 6.07) is -0.651. The van der Waals surface area contributed by atoms with E-state index in [-0.39, 0.29) is 36.3 Å². The molecule has 1 aliphatic heterocycles. The second-order valence-electron chi connectivity index (χ2n) is 4.31. The normalized spacial score (nSPS) is 25.1. The minimum absolute atomic E-state index is 0.120. The van der Waals surface area contributed by atoms with Crippen molar-refractivity contribution in [3.63, 3.8) is 0 Å². The number of nitrogens with zero attached hydrogens (tertiary/aromatic N) is 1. The highest BCUT2D eigenvalue weighted by Gasteiger charge is 2.37. The third-order valence-corrected chi connectivity index (χ3v) is 3.29. The van der Waals surface area contributed by atoms with E-state index < -0.39 is 6.04 Å². The molecule has 0 aromatic carbocycles. The van der Waals surface area contributed by atoms with Gasteiger partial charge in [-0.3, -0.25) is 24.6 Å². The molecule has 0 aliphatic carbocycles. The summed E-state index contributed by atoms with van der Waals surface area (Å²) in [6.07, 6.45) is 0. The van der Waals surface area contributed by atoms with E-state index in [1.807, 2.05) is 6.92 Å². The maximum Gasteiger partial charge on any atom is 0.309 e. The van der Waals surface area contributed by atoms with Crippen LogP contribution in [-0.2, 0) is 19.1 Å². The van der Waals surface area contributed by atoms with Gasteiger partial charge >= 0.3 is 5.97 Å². The smallest absolute Gasteiger partial charge is 0.309 e. The number of rotatable bonds is 3. The van der Waals surface area contributed by atoms with Crippen molar-refractivity contribution in [2.75, 3.05) is 13.7 Å². The van der Waals surface area contributed by atoms with Crippen molar-refractivity contribution in [1.29, 1.82) is 0 Å². The first kappa shape index (κ1) is 13.6. The van der Waals surface area contributed by atoms with Gasteiger partial charge in [0.1, 0.15) is 0 Å². The zero-order chi connectivity index (χ0) is 13.2. The van der Waals surface area contributed by atoms with Gasteiger partial charge in [0.25, 0.3) is 0 Å². The van der Waals surface area contributed by atoms with Crippen LogP contribution in [0.3, 0.4) is 0 Å². The van der Waals surface area contributed by atoms with Crippen molar-refractivity contribution in [3.05, 3.63) is 0 Å². The molecule has 0 saturated carbocycles. The van der Waals surface area contributed by atoms with Crippen LogP contribution in [0.4, 0.5) is 0 Å². The molecule has 0 spiro atoms. The summed E-state index contributed by atoms with van der Waals surface area (Å²) in [6.45, 7) is 5.36. The van der Waals surface area contributed by atoms with Gasteiger partial charge in [0.2, 0.25) is 11.8 Å².